The summed E-state index contributed by atoms with van der Waals surface area (Å²) in [5, 5.41) is 4.06. The van der Waals surface area contributed by atoms with Gasteiger partial charge in [-0.3, -0.25) is 14.7 Å². The number of halogens is 1. The second-order valence-electron chi connectivity index (χ2n) is 6.56. The molecule has 1 fully saturated rings. The molecule has 1 aliphatic heterocycles. The predicted octanol–water partition coefficient (Wildman–Crippen LogP) is 3.86. The van der Waals surface area contributed by atoms with Crippen LogP contribution in [0.1, 0.15) is 21.7 Å². The Morgan fingerprint density at radius 2 is 2.11 bits per heavy atom. The van der Waals surface area contributed by atoms with Gasteiger partial charge in [-0.1, -0.05) is 41.9 Å². The first-order chi connectivity index (χ1) is 13.2. The molecule has 138 valence electrons. The van der Waals surface area contributed by atoms with Crippen molar-refractivity contribution in [1.29, 1.82) is 0 Å². The maximum absolute atomic E-state index is 12.7. The average Bonchev–Trinajstić information content (AvgIpc) is 3.29. The molecule has 1 aromatic carbocycles. The van der Waals surface area contributed by atoms with E-state index in [-0.39, 0.29) is 17.1 Å². The number of hydrogen-bond acceptors (Lipinski definition) is 5. The number of aromatic nitrogens is 2. The van der Waals surface area contributed by atoms with Crippen LogP contribution >= 0.6 is 22.9 Å². The van der Waals surface area contributed by atoms with E-state index in [0.717, 1.165) is 31.6 Å². The second-order valence-corrected chi connectivity index (χ2v) is 7.92. The van der Waals surface area contributed by atoms with E-state index >= 15 is 0 Å². The lowest BCUT2D eigenvalue weighted by Crippen LogP contribution is -2.36. The van der Waals surface area contributed by atoms with Crippen LogP contribution < -0.4 is 5.32 Å². The van der Waals surface area contributed by atoms with Crippen molar-refractivity contribution in [3.05, 3.63) is 70.5 Å². The summed E-state index contributed by atoms with van der Waals surface area (Å²) in [5.41, 5.74) is 2.15. The van der Waals surface area contributed by atoms with Gasteiger partial charge in [-0.25, -0.2) is 4.98 Å². The molecule has 1 amide bonds. The fourth-order valence-corrected chi connectivity index (χ4v) is 4.43. The molecule has 1 unspecified atom stereocenters. The molecule has 1 aliphatic rings. The summed E-state index contributed by atoms with van der Waals surface area (Å²) in [6, 6.07) is 14.3. The maximum Gasteiger partial charge on any atom is 0.264 e. The molecule has 1 saturated heterocycles. The number of benzene rings is 1. The lowest BCUT2D eigenvalue weighted by molar-refractivity contribution is 0.0941. The van der Waals surface area contributed by atoms with Gasteiger partial charge in [0.25, 0.3) is 5.91 Å². The molecule has 27 heavy (non-hydrogen) atoms. The Balaban J connectivity index is 1.38. The number of carbonyl (C=O) groups is 1. The monoisotopic (exact) mass is 398 g/mol. The first-order valence-electron chi connectivity index (χ1n) is 8.83. The second kappa shape index (κ2) is 8.17. The van der Waals surface area contributed by atoms with Crippen molar-refractivity contribution in [2.24, 2.45) is 0 Å². The summed E-state index contributed by atoms with van der Waals surface area (Å²) < 4.78 is 0. The zero-order valence-electron chi connectivity index (χ0n) is 14.6. The van der Waals surface area contributed by atoms with Crippen LogP contribution in [0.2, 0.25) is 5.15 Å². The highest BCUT2D eigenvalue weighted by Crippen LogP contribution is 2.30. The minimum atomic E-state index is -0.154. The van der Waals surface area contributed by atoms with Gasteiger partial charge in [0.1, 0.15) is 9.88 Å². The Morgan fingerprint density at radius 1 is 1.26 bits per heavy atom. The van der Waals surface area contributed by atoms with Crippen molar-refractivity contribution >= 4 is 28.8 Å². The molecule has 1 atom stereocenters. The summed E-state index contributed by atoms with van der Waals surface area (Å²) in [7, 11) is 0. The number of nitrogens with one attached hydrogen (secondary N) is 1. The third-order valence-electron chi connectivity index (χ3n) is 4.56. The predicted molar refractivity (Wildman–Crippen MR) is 108 cm³/mol. The van der Waals surface area contributed by atoms with Gasteiger partial charge in [0.2, 0.25) is 0 Å². The van der Waals surface area contributed by atoms with Crippen LogP contribution in [0.5, 0.6) is 0 Å². The lowest BCUT2D eigenvalue weighted by Gasteiger charge is -2.16. The topological polar surface area (TPSA) is 58.1 Å². The van der Waals surface area contributed by atoms with Gasteiger partial charge in [-0.05, 0) is 24.1 Å². The van der Waals surface area contributed by atoms with E-state index in [1.807, 2.05) is 18.2 Å². The van der Waals surface area contributed by atoms with Crippen LogP contribution in [0.15, 0.2) is 54.9 Å². The number of thiazole rings is 1. The number of hydrogen-bond donors (Lipinski definition) is 1. The molecule has 0 bridgehead atoms. The Labute approximate surface area is 167 Å². The molecule has 3 aromatic rings. The zero-order chi connectivity index (χ0) is 18.6. The highest BCUT2D eigenvalue weighted by molar-refractivity contribution is 7.17. The van der Waals surface area contributed by atoms with Gasteiger partial charge in [0.15, 0.2) is 5.15 Å². The van der Waals surface area contributed by atoms with Crippen molar-refractivity contribution in [3.8, 4) is 10.6 Å². The molecule has 7 heteroatoms. The van der Waals surface area contributed by atoms with Crippen LogP contribution in [-0.2, 0) is 6.54 Å². The largest absolute Gasteiger partial charge is 0.347 e. The number of likely N-dealkylation sites (tertiary alicyclic amines) is 1. The summed E-state index contributed by atoms with van der Waals surface area (Å²) >= 11 is 7.52. The standard InChI is InChI=1S/C20H19ClN4OS/c21-18-17(27-20(24-18)15-7-4-9-22-11-15)19(26)23-16-8-10-25(13-16)12-14-5-2-1-3-6-14/h1-7,9,11,16H,8,10,12-13H2,(H,23,26). The van der Waals surface area contributed by atoms with E-state index in [0.29, 0.717) is 9.88 Å². The number of carbonyl (C=O) groups excluding carboxylic acids is 1. The lowest BCUT2D eigenvalue weighted by atomic mass is 10.2. The van der Waals surface area contributed by atoms with Crippen LogP contribution in [0.3, 0.4) is 0 Å². The fourth-order valence-electron chi connectivity index (χ4n) is 3.24. The van der Waals surface area contributed by atoms with Crippen molar-refractivity contribution < 1.29 is 4.79 Å². The summed E-state index contributed by atoms with van der Waals surface area (Å²) in [5.74, 6) is -0.154. The maximum atomic E-state index is 12.7. The molecule has 0 radical (unpaired) electrons. The van der Waals surface area contributed by atoms with Gasteiger partial charge in [-0.2, -0.15) is 0 Å². The van der Waals surface area contributed by atoms with E-state index in [2.05, 4.69) is 44.5 Å². The van der Waals surface area contributed by atoms with Crippen LogP contribution in [-0.4, -0.2) is 39.9 Å². The molecule has 4 rings (SSSR count). The minimum absolute atomic E-state index is 0.126. The van der Waals surface area contributed by atoms with E-state index in [9.17, 15) is 4.79 Å². The van der Waals surface area contributed by atoms with Crippen molar-refractivity contribution in [1.82, 2.24) is 20.2 Å². The highest BCUT2D eigenvalue weighted by Gasteiger charge is 2.26. The smallest absolute Gasteiger partial charge is 0.264 e. The molecule has 0 spiro atoms. The first kappa shape index (κ1) is 18.1. The van der Waals surface area contributed by atoms with Gasteiger partial charge < -0.3 is 5.32 Å². The third-order valence-corrected chi connectivity index (χ3v) is 6.05. The van der Waals surface area contributed by atoms with Crippen LogP contribution in [0.25, 0.3) is 10.6 Å². The van der Waals surface area contributed by atoms with Crippen LogP contribution in [0, 0.1) is 0 Å². The zero-order valence-corrected chi connectivity index (χ0v) is 16.2. The number of nitrogens with zero attached hydrogens (tertiary/aromatic N) is 3. The fraction of sp³-hybridized carbons (Fsp3) is 0.250. The molecule has 3 heterocycles. The van der Waals surface area contributed by atoms with Crippen molar-refractivity contribution in [3.63, 3.8) is 0 Å². The molecule has 0 aliphatic carbocycles. The normalized spacial score (nSPS) is 17.1. The molecular weight excluding hydrogens is 380 g/mol. The number of rotatable bonds is 5. The van der Waals surface area contributed by atoms with Crippen molar-refractivity contribution in [2.45, 2.75) is 19.0 Å². The van der Waals surface area contributed by atoms with Crippen LogP contribution in [0.4, 0.5) is 0 Å². The summed E-state index contributed by atoms with van der Waals surface area (Å²) in [4.78, 5) is 23.9. The SMILES string of the molecule is O=C(NC1CCN(Cc2ccccc2)C1)c1sc(-c2cccnc2)nc1Cl. The third kappa shape index (κ3) is 4.35. The van der Waals surface area contributed by atoms with E-state index in [4.69, 9.17) is 11.6 Å². The van der Waals surface area contributed by atoms with Crippen molar-refractivity contribution in [2.75, 3.05) is 13.1 Å². The molecular formula is C20H19ClN4OS. The van der Waals surface area contributed by atoms with Gasteiger partial charge in [-0.15, -0.1) is 11.3 Å². The Hall–Kier alpha value is -2.28. The van der Waals surface area contributed by atoms with E-state index < -0.39 is 0 Å². The molecule has 2 aromatic heterocycles. The van der Waals surface area contributed by atoms with Gasteiger partial charge in [0.05, 0.1) is 0 Å². The van der Waals surface area contributed by atoms with Gasteiger partial charge >= 0.3 is 0 Å². The van der Waals surface area contributed by atoms with E-state index in [1.165, 1.54) is 16.9 Å². The number of amides is 1. The molecule has 0 saturated carbocycles. The van der Waals surface area contributed by atoms with E-state index in [1.54, 1.807) is 12.4 Å². The Morgan fingerprint density at radius 3 is 2.89 bits per heavy atom. The Kier molecular flexibility index (Phi) is 5.48. The Bertz CT molecular complexity index is 916. The average molecular weight is 399 g/mol. The quantitative estimate of drug-likeness (QED) is 0.708. The first-order valence-corrected chi connectivity index (χ1v) is 10.0. The molecule has 1 N–H and O–H groups in total. The highest BCUT2D eigenvalue weighted by atomic mass is 35.5. The molecule has 5 nitrogen and oxygen atoms in total. The summed E-state index contributed by atoms with van der Waals surface area (Å²) in [6.45, 7) is 2.71. The minimum Gasteiger partial charge on any atom is -0.347 e. The number of pyridine rings is 1. The summed E-state index contributed by atoms with van der Waals surface area (Å²) in [6.07, 6.45) is 4.35. The van der Waals surface area contributed by atoms with Gasteiger partial charge in [0, 0.05) is 43.6 Å².